The number of fused-ring (bicyclic) bond motifs is 1. The lowest BCUT2D eigenvalue weighted by molar-refractivity contribution is -0.123. The van der Waals surface area contributed by atoms with E-state index in [9.17, 15) is 18.8 Å². The van der Waals surface area contributed by atoms with Crippen molar-refractivity contribution in [2.45, 2.75) is 12.1 Å². The second-order valence-corrected chi connectivity index (χ2v) is 7.16. The third-order valence-corrected chi connectivity index (χ3v) is 4.83. The zero-order chi connectivity index (χ0) is 19.8. The average Bonchev–Trinajstić information content (AvgIpc) is 3.15. The van der Waals surface area contributed by atoms with Gasteiger partial charge < -0.3 is 5.32 Å². The van der Waals surface area contributed by atoms with Crippen molar-refractivity contribution >= 4 is 45.0 Å². The highest BCUT2D eigenvalue weighted by Crippen LogP contribution is 2.32. The Morgan fingerprint density at radius 3 is 2.68 bits per heavy atom. The van der Waals surface area contributed by atoms with Crippen LogP contribution in [0.15, 0.2) is 63.3 Å². The predicted molar refractivity (Wildman–Crippen MR) is 101 cm³/mol. The lowest BCUT2D eigenvalue weighted by Crippen LogP contribution is -2.43. The van der Waals surface area contributed by atoms with Crippen LogP contribution in [0.2, 0.25) is 0 Å². The van der Waals surface area contributed by atoms with Crippen LogP contribution in [-0.4, -0.2) is 41.4 Å². The second kappa shape index (κ2) is 7.12. The molecule has 2 aliphatic heterocycles. The fraction of sp³-hybridized carbons (Fsp3) is 0.167. The molecule has 10 heteroatoms. The molecule has 4 rings (SSSR count). The van der Waals surface area contributed by atoms with Crippen molar-refractivity contribution in [3.05, 3.63) is 58.8 Å². The van der Waals surface area contributed by atoms with Crippen LogP contribution in [0.1, 0.15) is 0 Å². The van der Waals surface area contributed by atoms with Crippen LogP contribution in [-0.2, 0) is 14.4 Å². The van der Waals surface area contributed by atoms with E-state index in [1.807, 2.05) is 0 Å². The molecule has 1 N–H and O–H groups in total. The maximum absolute atomic E-state index is 13.2. The zero-order valence-corrected chi connectivity index (χ0v) is 15.8. The molecule has 3 amide bonds. The molecule has 0 aliphatic carbocycles. The number of imide groups is 1. The van der Waals surface area contributed by atoms with Gasteiger partial charge >= 0.3 is 0 Å². The van der Waals surface area contributed by atoms with Crippen LogP contribution >= 0.6 is 15.9 Å². The molecule has 2 aliphatic rings. The summed E-state index contributed by atoms with van der Waals surface area (Å²) in [6.07, 6.45) is 0. The summed E-state index contributed by atoms with van der Waals surface area (Å²) in [5.41, 5.74) is 0.695. The van der Waals surface area contributed by atoms with E-state index in [2.05, 4.69) is 31.6 Å². The Hall–Kier alpha value is -3.14. The highest BCUT2D eigenvalue weighted by Gasteiger charge is 2.55. The van der Waals surface area contributed by atoms with Gasteiger partial charge in [0.25, 0.3) is 11.8 Å². The van der Waals surface area contributed by atoms with Gasteiger partial charge in [-0.15, -0.1) is 0 Å². The van der Waals surface area contributed by atoms with Gasteiger partial charge in [0.1, 0.15) is 12.4 Å². The molecule has 1 fully saturated rings. The highest BCUT2D eigenvalue weighted by atomic mass is 79.9. The van der Waals surface area contributed by atoms with E-state index in [0.29, 0.717) is 5.69 Å². The van der Waals surface area contributed by atoms with E-state index in [1.165, 1.54) is 29.3 Å². The molecule has 1 saturated heterocycles. The van der Waals surface area contributed by atoms with E-state index in [1.54, 1.807) is 24.3 Å². The van der Waals surface area contributed by atoms with Gasteiger partial charge in [-0.25, -0.2) is 9.29 Å². The summed E-state index contributed by atoms with van der Waals surface area (Å²) >= 11 is 3.31. The second-order valence-electron chi connectivity index (χ2n) is 6.24. The van der Waals surface area contributed by atoms with Gasteiger partial charge in [0, 0.05) is 10.2 Å². The lowest BCUT2D eigenvalue weighted by Gasteiger charge is -2.20. The number of rotatable bonds is 4. The molecule has 28 heavy (non-hydrogen) atoms. The Balaban J connectivity index is 1.49. The minimum atomic E-state index is -0.992. The number of carbonyl (C=O) groups is 3. The van der Waals surface area contributed by atoms with Crippen molar-refractivity contribution in [1.29, 1.82) is 0 Å². The molecule has 0 bridgehead atoms. The smallest absolute Gasteiger partial charge is 0.263 e. The molecule has 0 saturated carbocycles. The molecule has 2 atom stereocenters. The molecule has 0 unspecified atom stereocenters. The Kier molecular flexibility index (Phi) is 4.63. The third kappa shape index (κ3) is 3.26. The SMILES string of the molecule is O=C(CN1N=N[C@@H]2C(=O)N(c3cccc(Br)c3)C(=O)[C@@H]21)Nc1cccc(F)c1. The molecule has 142 valence electrons. The Morgan fingerprint density at radius 1 is 1.14 bits per heavy atom. The zero-order valence-electron chi connectivity index (χ0n) is 14.3. The Morgan fingerprint density at radius 2 is 1.93 bits per heavy atom. The Bertz CT molecular complexity index is 1010. The standard InChI is InChI=1S/C18H13BrFN5O3/c19-10-3-1-6-13(7-10)25-17(27)15-16(18(25)28)24(23-22-15)9-14(26)21-12-5-2-4-11(20)8-12/h1-8,15-16H,9H2,(H,21,26)/t15-,16+/m0/s1. The van der Waals surface area contributed by atoms with Crippen molar-refractivity contribution in [3.63, 3.8) is 0 Å². The third-order valence-electron chi connectivity index (χ3n) is 4.34. The van der Waals surface area contributed by atoms with Gasteiger partial charge in [0.05, 0.1) is 5.69 Å². The van der Waals surface area contributed by atoms with Gasteiger partial charge in [0.15, 0.2) is 12.1 Å². The van der Waals surface area contributed by atoms with Gasteiger partial charge in [0.2, 0.25) is 5.91 Å². The summed E-state index contributed by atoms with van der Waals surface area (Å²) < 4.78 is 14.0. The van der Waals surface area contributed by atoms with E-state index < -0.39 is 35.6 Å². The van der Waals surface area contributed by atoms with Crippen molar-refractivity contribution in [1.82, 2.24) is 5.01 Å². The quantitative estimate of drug-likeness (QED) is 0.731. The average molecular weight is 446 g/mol. The monoisotopic (exact) mass is 445 g/mol. The van der Waals surface area contributed by atoms with Gasteiger partial charge in [-0.3, -0.25) is 19.4 Å². The van der Waals surface area contributed by atoms with Crippen molar-refractivity contribution < 1.29 is 18.8 Å². The molecule has 2 aromatic rings. The van der Waals surface area contributed by atoms with E-state index >= 15 is 0 Å². The first-order valence-corrected chi connectivity index (χ1v) is 9.09. The number of nitrogens with one attached hydrogen (secondary N) is 1. The summed E-state index contributed by atoms with van der Waals surface area (Å²) in [4.78, 5) is 38.8. The van der Waals surface area contributed by atoms with Crippen molar-refractivity contribution in [2.75, 3.05) is 16.8 Å². The van der Waals surface area contributed by atoms with Crippen LogP contribution in [0.25, 0.3) is 0 Å². The Labute approximate surface area is 167 Å². The van der Waals surface area contributed by atoms with Gasteiger partial charge in [-0.1, -0.05) is 33.3 Å². The summed E-state index contributed by atoms with van der Waals surface area (Å²) in [5.74, 6) is -1.99. The number of carbonyl (C=O) groups excluding carboxylic acids is 3. The fourth-order valence-corrected chi connectivity index (χ4v) is 3.52. The molecule has 0 aromatic heterocycles. The first-order valence-electron chi connectivity index (χ1n) is 8.30. The maximum Gasteiger partial charge on any atom is 0.263 e. The van der Waals surface area contributed by atoms with Crippen molar-refractivity contribution in [2.24, 2.45) is 10.3 Å². The summed E-state index contributed by atoms with van der Waals surface area (Å²) in [5, 5.41) is 11.4. The number of halogens is 2. The number of hydrogen-bond donors (Lipinski definition) is 1. The molecule has 2 aromatic carbocycles. The number of anilines is 2. The molecular weight excluding hydrogens is 433 g/mol. The first-order chi connectivity index (χ1) is 13.4. The fourth-order valence-electron chi connectivity index (χ4n) is 3.14. The first kappa shape index (κ1) is 18.2. The number of nitrogens with zero attached hydrogens (tertiary/aromatic N) is 4. The van der Waals surface area contributed by atoms with E-state index in [-0.39, 0.29) is 12.2 Å². The molecular formula is C18H13BrFN5O3. The van der Waals surface area contributed by atoms with Crippen LogP contribution in [0.3, 0.4) is 0 Å². The minimum Gasteiger partial charge on any atom is -0.324 e. The molecule has 0 radical (unpaired) electrons. The number of benzene rings is 2. The number of hydrogen-bond acceptors (Lipinski definition) is 6. The largest absolute Gasteiger partial charge is 0.324 e. The normalized spacial score (nSPS) is 20.6. The van der Waals surface area contributed by atoms with Gasteiger partial charge in [-0.2, -0.15) is 5.11 Å². The lowest BCUT2D eigenvalue weighted by atomic mass is 10.1. The summed E-state index contributed by atoms with van der Waals surface area (Å²) in [7, 11) is 0. The van der Waals surface area contributed by atoms with E-state index in [4.69, 9.17) is 0 Å². The van der Waals surface area contributed by atoms with E-state index in [0.717, 1.165) is 9.37 Å². The summed E-state index contributed by atoms with van der Waals surface area (Å²) in [6, 6.07) is 10.2. The minimum absolute atomic E-state index is 0.280. The highest BCUT2D eigenvalue weighted by molar-refractivity contribution is 9.10. The molecule has 8 nitrogen and oxygen atoms in total. The molecule has 0 spiro atoms. The van der Waals surface area contributed by atoms with Crippen LogP contribution in [0, 0.1) is 5.82 Å². The number of amides is 3. The summed E-state index contributed by atoms with van der Waals surface area (Å²) in [6.45, 7) is -0.299. The predicted octanol–water partition coefficient (Wildman–Crippen LogP) is 2.52. The van der Waals surface area contributed by atoms with Crippen LogP contribution in [0.4, 0.5) is 15.8 Å². The van der Waals surface area contributed by atoms with Gasteiger partial charge in [-0.05, 0) is 36.4 Å². The topological polar surface area (TPSA) is 94.4 Å². The van der Waals surface area contributed by atoms with Crippen LogP contribution in [0.5, 0.6) is 0 Å². The van der Waals surface area contributed by atoms with Crippen molar-refractivity contribution in [3.8, 4) is 0 Å². The van der Waals surface area contributed by atoms with Crippen LogP contribution < -0.4 is 10.2 Å². The maximum atomic E-state index is 13.2. The molecule has 2 heterocycles.